The monoisotopic (exact) mass is 264 g/mol. The lowest BCUT2D eigenvalue weighted by Gasteiger charge is -2.33. The quantitative estimate of drug-likeness (QED) is 0.872. The molecule has 2 N–H and O–H groups in total. The van der Waals surface area contributed by atoms with Crippen molar-refractivity contribution in [2.75, 3.05) is 39.5 Å². The molecule has 19 heavy (non-hydrogen) atoms. The van der Waals surface area contributed by atoms with Crippen LogP contribution in [0.25, 0.3) is 0 Å². The highest BCUT2D eigenvalue weighted by Crippen LogP contribution is 2.19. The summed E-state index contributed by atoms with van der Waals surface area (Å²) in [4.78, 5) is 2.36. The fourth-order valence-electron chi connectivity index (χ4n) is 2.31. The standard InChI is InChI=1S/C15H24N2O2/c1-12-3-4-13(2)15(9-12)19-11-14(10-16)17-5-7-18-8-6-17/h3-4,9,14H,5-8,10-11,16H2,1-2H3. The van der Waals surface area contributed by atoms with Gasteiger partial charge in [-0.25, -0.2) is 0 Å². The van der Waals surface area contributed by atoms with Crippen molar-refractivity contribution in [3.63, 3.8) is 0 Å². The van der Waals surface area contributed by atoms with Gasteiger partial charge in [-0.15, -0.1) is 0 Å². The van der Waals surface area contributed by atoms with Crippen LogP contribution >= 0.6 is 0 Å². The lowest BCUT2D eigenvalue weighted by molar-refractivity contribution is 0.00818. The molecule has 1 heterocycles. The van der Waals surface area contributed by atoms with Gasteiger partial charge in [0.15, 0.2) is 0 Å². The zero-order chi connectivity index (χ0) is 13.7. The molecule has 1 aromatic carbocycles. The van der Waals surface area contributed by atoms with E-state index >= 15 is 0 Å². The second-order valence-electron chi connectivity index (χ2n) is 5.12. The van der Waals surface area contributed by atoms with Gasteiger partial charge in [0.25, 0.3) is 0 Å². The minimum Gasteiger partial charge on any atom is -0.492 e. The molecule has 0 amide bonds. The molecule has 1 aliphatic heterocycles. The maximum atomic E-state index is 5.96. The predicted octanol–water partition coefficient (Wildman–Crippen LogP) is 1.34. The molecule has 1 unspecified atom stereocenters. The molecule has 1 aliphatic rings. The Kier molecular flexibility index (Phi) is 5.19. The van der Waals surface area contributed by atoms with Crippen LogP contribution in [0, 0.1) is 13.8 Å². The number of nitrogens with two attached hydrogens (primary N) is 1. The minimum absolute atomic E-state index is 0.267. The Hall–Kier alpha value is -1.10. The van der Waals surface area contributed by atoms with E-state index in [1.165, 1.54) is 11.1 Å². The van der Waals surface area contributed by atoms with Gasteiger partial charge in [0, 0.05) is 19.6 Å². The first kappa shape index (κ1) is 14.3. The Bertz CT molecular complexity index is 403. The van der Waals surface area contributed by atoms with Crippen LogP contribution in [-0.2, 0) is 4.74 Å². The fourth-order valence-corrected chi connectivity index (χ4v) is 2.31. The van der Waals surface area contributed by atoms with Crippen molar-refractivity contribution in [3.8, 4) is 5.75 Å². The third kappa shape index (κ3) is 3.93. The zero-order valence-corrected chi connectivity index (χ0v) is 11.9. The number of hydrogen-bond acceptors (Lipinski definition) is 4. The first-order valence-electron chi connectivity index (χ1n) is 6.92. The van der Waals surface area contributed by atoms with Crippen molar-refractivity contribution in [2.45, 2.75) is 19.9 Å². The Morgan fingerprint density at radius 1 is 1.32 bits per heavy atom. The molecule has 4 nitrogen and oxygen atoms in total. The van der Waals surface area contributed by atoms with E-state index in [0.717, 1.165) is 32.1 Å². The Morgan fingerprint density at radius 3 is 2.74 bits per heavy atom. The van der Waals surface area contributed by atoms with Crippen molar-refractivity contribution in [1.29, 1.82) is 0 Å². The molecule has 0 spiro atoms. The molecule has 1 saturated heterocycles. The summed E-state index contributed by atoms with van der Waals surface area (Å²) in [6.07, 6.45) is 0. The average molecular weight is 264 g/mol. The van der Waals surface area contributed by atoms with E-state index in [-0.39, 0.29) is 6.04 Å². The van der Waals surface area contributed by atoms with Gasteiger partial charge >= 0.3 is 0 Å². The Morgan fingerprint density at radius 2 is 2.05 bits per heavy atom. The van der Waals surface area contributed by atoms with Crippen molar-refractivity contribution >= 4 is 0 Å². The number of nitrogens with zero attached hydrogens (tertiary/aromatic N) is 1. The van der Waals surface area contributed by atoms with Gasteiger partial charge in [-0.1, -0.05) is 12.1 Å². The topological polar surface area (TPSA) is 47.7 Å². The number of rotatable bonds is 5. The van der Waals surface area contributed by atoms with Gasteiger partial charge in [0.2, 0.25) is 0 Å². The van der Waals surface area contributed by atoms with Crippen LogP contribution in [0.2, 0.25) is 0 Å². The first-order valence-corrected chi connectivity index (χ1v) is 6.92. The van der Waals surface area contributed by atoms with Gasteiger partial charge < -0.3 is 15.2 Å². The highest BCUT2D eigenvalue weighted by Gasteiger charge is 2.20. The van der Waals surface area contributed by atoms with E-state index in [9.17, 15) is 0 Å². The molecular weight excluding hydrogens is 240 g/mol. The van der Waals surface area contributed by atoms with Crippen LogP contribution in [0.5, 0.6) is 5.75 Å². The normalized spacial score (nSPS) is 18.3. The van der Waals surface area contributed by atoms with E-state index in [4.69, 9.17) is 15.2 Å². The number of morpholine rings is 1. The van der Waals surface area contributed by atoms with Crippen LogP contribution < -0.4 is 10.5 Å². The van der Waals surface area contributed by atoms with E-state index in [2.05, 4.69) is 36.9 Å². The second kappa shape index (κ2) is 6.89. The maximum Gasteiger partial charge on any atom is 0.122 e. The van der Waals surface area contributed by atoms with E-state index < -0.39 is 0 Å². The van der Waals surface area contributed by atoms with Gasteiger partial charge in [-0.05, 0) is 31.0 Å². The van der Waals surface area contributed by atoms with Crippen molar-refractivity contribution in [1.82, 2.24) is 4.90 Å². The highest BCUT2D eigenvalue weighted by atomic mass is 16.5. The molecule has 2 rings (SSSR count). The fraction of sp³-hybridized carbons (Fsp3) is 0.600. The van der Waals surface area contributed by atoms with Gasteiger partial charge in [0.05, 0.1) is 19.3 Å². The number of hydrogen-bond donors (Lipinski definition) is 1. The van der Waals surface area contributed by atoms with Gasteiger partial charge in [0.1, 0.15) is 12.4 Å². The molecule has 0 bridgehead atoms. The maximum absolute atomic E-state index is 5.96. The molecular formula is C15H24N2O2. The average Bonchev–Trinajstić information content (AvgIpc) is 2.44. The minimum atomic E-state index is 0.267. The first-order chi connectivity index (χ1) is 9.20. The van der Waals surface area contributed by atoms with E-state index in [1.807, 2.05) is 0 Å². The molecule has 0 aromatic heterocycles. The molecule has 4 heteroatoms. The summed E-state index contributed by atoms with van der Waals surface area (Å²) in [5.41, 5.74) is 8.26. The van der Waals surface area contributed by atoms with Crippen molar-refractivity contribution in [2.24, 2.45) is 5.73 Å². The van der Waals surface area contributed by atoms with E-state index in [0.29, 0.717) is 13.2 Å². The summed E-state index contributed by atoms with van der Waals surface area (Å²) in [6.45, 7) is 8.87. The van der Waals surface area contributed by atoms with Crippen LogP contribution in [-0.4, -0.2) is 50.4 Å². The second-order valence-corrected chi connectivity index (χ2v) is 5.12. The van der Waals surface area contributed by atoms with Gasteiger partial charge in [-0.2, -0.15) is 0 Å². The largest absolute Gasteiger partial charge is 0.492 e. The smallest absolute Gasteiger partial charge is 0.122 e. The summed E-state index contributed by atoms with van der Waals surface area (Å²) in [6, 6.07) is 6.55. The Labute approximate surface area is 115 Å². The van der Waals surface area contributed by atoms with Gasteiger partial charge in [-0.3, -0.25) is 4.90 Å². The summed E-state index contributed by atoms with van der Waals surface area (Å²) in [5.74, 6) is 0.965. The summed E-state index contributed by atoms with van der Waals surface area (Å²) < 4.78 is 11.3. The molecule has 0 saturated carbocycles. The summed E-state index contributed by atoms with van der Waals surface area (Å²) in [7, 11) is 0. The third-order valence-electron chi connectivity index (χ3n) is 3.61. The molecule has 1 aromatic rings. The predicted molar refractivity (Wildman–Crippen MR) is 76.6 cm³/mol. The number of benzene rings is 1. The number of ether oxygens (including phenoxy) is 2. The summed E-state index contributed by atoms with van der Waals surface area (Å²) in [5, 5.41) is 0. The lowest BCUT2D eigenvalue weighted by atomic mass is 10.1. The molecule has 0 radical (unpaired) electrons. The number of aryl methyl sites for hydroxylation is 2. The molecule has 0 aliphatic carbocycles. The van der Waals surface area contributed by atoms with Crippen LogP contribution in [0.4, 0.5) is 0 Å². The van der Waals surface area contributed by atoms with Crippen LogP contribution in [0.15, 0.2) is 18.2 Å². The molecule has 1 atom stereocenters. The Balaban J connectivity index is 1.93. The van der Waals surface area contributed by atoms with Crippen molar-refractivity contribution < 1.29 is 9.47 Å². The molecule has 106 valence electrons. The van der Waals surface area contributed by atoms with Crippen LogP contribution in [0.3, 0.4) is 0 Å². The lowest BCUT2D eigenvalue weighted by Crippen LogP contribution is -2.49. The third-order valence-corrected chi connectivity index (χ3v) is 3.61. The van der Waals surface area contributed by atoms with Crippen molar-refractivity contribution in [3.05, 3.63) is 29.3 Å². The summed E-state index contributed by atoms with van der Waals surface area (Å²) >= 11 is 0. The molecule has 1 fully saturated rings. The highest BCUT2D eigenvalue weighted by molar-refractivity contribution is 5.35. The van der Waals surface area contributed by atoms with Crippen LogP contribution in [0.1, 0.15) is 11.1 Å². The van der Waals surface area contributed by atoms with E-state index in [1.54, 1.807) is 0 Å². The SMILES string of the molecule is Cc1ccc(C)c(OCC(CN)N2CCOCC2)c1. The zero-order valence-electron chi connectivity index (χ0n) is 11.9.